The Balaban J connectivity index is 2.36. The minimum absolute atomic E-state index is 0.150. The largest absolute Gasteiger partial charge is 0.330 e. The summed E-state index contributed by atoms with van der Waals surface area (Å²) in [5.74, 6) is 0.701. The Hall–Kier alpha value is -0.130. The Morgan fingerprint density at radius 2 is 2.00 bits per heavy atom. The molecule has 15 heavy (non-hydrogen) atoms. The molecule has 5 heteroatoms. The maximum Gasteiger partial charge on any atom is 0.211 e. The third-order valence-corrected chi connectivity index (χ3v) is 4.79. The molecule has 1 saturated carbocycles. The van der Waals surface area contributed by atoms with Crippen LogP contribution in [-0.4, -0.2) is 27.3 Å². The fourth-order valence-corrected chi connectivity index (χ4v) is 2.92. The SMILES string of the molecule is CC(C)C1(CNS(=O)(=O)CCCN)CC1. The summed E-state index contributed by atoms with van der Waals surface area (Å²) in [6.45, 7) is 5.33. The summed E-state index contributed by atoms with van der Waals surface area (Å²) >= 11 is 0. The molecule has 0 atom stereocenters. The second kappa shape index (κ2) is 4.80. The molecule has 1 fully saturated rings. The van der Waals surface area contributed by atoms with Gasteiger partial charge in [0.05, 0.1) is 5.75 Å². The van der Waals surface area contributed by atoms with E-state index in [4.69, 9.17) is 5.73 Å². The van der Waals surface area contributed by atoms with E-state index >= 15 is 0 Å². The van der Waals surface area contributed by atoms with Crippen LogP contribution < -0.4 is 10.5 Å². The van der Waals surface area contributed by atoms with Crippen LogP contribution in [-0.2, 0) is 10.0 Å². The van der Waals surface area contributed by atoms with Crippen molar-refractivity contribution in [3.05, 3.63) is 0 Å². The molecule has 0 aromatic rings. The second-order valence-electron chi connectivity index (χ2n) is 4.80. The van der Waals surface area contributed by atoms with Gasteiger partial charge in [-0.25, -0.2) is 13.1 Å². The van der Waals surface area contributed by atoms with Gasteiger partial charge in [-0.2, -0.15) is 0 Å². The summed E-state index contributed by atoms with van der Waals surface area (Å²) in [5, 5.41) is 0. The van der Waals surface area contributed by atoms with E-state index in [2.05, 4.69) is 18.6 Å². The number of nitrogens with two attached hydrogens (primary N) is 1. The van der Waals surface area contributed by atoms with Gasteiger partial charge in [-0.15, -0.1) is 0 Å². The second-order valence-corrected chi connectivity index (χ2v) is 6.73. The fourth-order valence-electron chi connectivity index (χ4n) is 1.72. The third-order valence-electron chi connectivity index (χ3n) is 3.38. The molecule has 3 N–H and O–H groups in total. The zero-order chi connectivity index (χ0) is 11.5. The number of sulfonamides is 1. The van der Waals surface area contributed by atoms with Gasteiger partial charge >= 0.3 is 0 Å². The molecule has 0 bridgehead atoms. The van der Waals surface area contributed by atoms with E-state index in [1.807, 2.05) is 0 Å². The highest BCUT2D eigenvalue weighted by Gasteiger charge is 2.45. The van der Waals surface area contributed by atoms with Crippen molar-refractivity contribution >= 4 is 10.0 Å². The van der Waals surface area contributed by atoms with E-state index in [1.54, 1.807) is 0 Å². The standard InChI is InChI=1S/C10H22N2O2S/c1-9(2)10(4-5-10)8-12-15(13,14)7-3-6-11/h9,12H,3-8,11H2,1-2H3. The molecule has 0 spiro atoms. The highest BCUT2D eigenvalue weighted by atomic mass is 32.2. The van der Waals surface area contributed by atoms with Crippen LogP contribution in [0, 0.1) is 11.3 Å². The minimum atomic E-state index is -3.10. The summed E-state index contributed by atoms with van der Waals surface area (Å²) in [7, 11) is -3.10. The molecule has 1 rings (SSSR count). The summed E-state index contributed by atoms with van der Waals surface area (Å²) in [4.78, 5) is 0. The molecule has 4 nitrogen and oxygen atoms in total. The maximum atomic E-state index is 11.5. The molecular weight excluding hydrogens is 212 g/mol. The summed E-state index contributed by atoms with van der Waals surface area (Å²) in [5.41, 5.74) is 5.52. The smallest absolute Gasteiger partial charge is 0.211 e. The van der Waals surface area contributed by atoms with Crippen molar-refractivity contribution in [2.24, 2.45) is 17.1 Å². The first-order chi connectivity index (χ1) is 6.92. The van der Waals surface area contributed by atoms with Crippen LogP contribution in [0.15, 0.2) is 0 Å². The third kappa shape index (κ3) is 3.74. The molecule has 0 heterocycles. The van der Waals surface area contributed by atoms with Gasteiger partial charge in [-0.05, 0) is 37.1 Å². The molecule has 1 aliphatic rings. The molecule has 0 amide bonds. The lowest BCUT2D eigenvalue weighted by atomic mass is 9.93. The average Bonchev–Trinajstić information content (AvgIpc) is 2.93. The quantitative estimate of drug-likeness (QED) is 0.681. The number of rotatable bonds is 7. The van der Waals surface area contributed by atoms with E-state index in [-0.39, 0.29) is 11.2 Å². The molecule has 1 aliphatic carbocycles. The molecule has 0 radical (unpaired) electrons. The zero-order valence-electron chi connectivity index (χ0n) is 9.62. The van der Waals surface area contributed by atoms with E-state index in [0.717, 1.165) is 12.8 Å². The van der Waals surface area contributed by atoms with Gasteiger partial charge < -0.3 is 5.73 Å². The Labute approximate surface area is 92.7 Å². The first kappa shape index (κ1) is 12.9. The van der Waals surface area contributed by atoms with Crippen LogP contribution in [0.4, 0.5) is 0 Å². The van der Waals surface area contributed by atoms with Crippen LogP contribution in [0.1, 0.15) is 33.1 Å². The lowest BCUT2D eigenvalue weighted by Gasteiger charge is -2.19. The predicted molar refractivity (Wildman–Crippen MR) is 62.0 cm³/mol. The van der Waals surface area contributed by atoms with Gasteiger partial charge in [0.2, 0.25) is 10.0 Å². The summed E-state index contributed by atoms with van der Waals surface area (Å²) in [6, 6.07) is 0. The van der Waals surface area contributed by atoms with Crippen LogP contribution in [0.25, 0.3) is 0 Å². The number of hydrogen-bond donors (Lipinski definition) is 2. The van der Waals surface area contributed by atoms with E-state index in [9.17, 15) is 8.42 Å². The van der Waals surface area contributed by atoms with Crippen molar-refractivity contribution in [3.63, 3.8) is 0 Å². The van der Waals surface area contributed by atoms with Crippen molar-refractivity contribution < 1.29 is 8.42 Å². The minimum Gasteiger partial charge on any atom is -0.330 e. The topological polar surface area (TPSA) is 72.2 Å². The van der Waals surface area contributed by atoms with Gasteiger partial charge in [0, 0.05) is 6.54 Å². The zero-order valence-corrected chi connectivity index (χ0v) is 10.4. The Bertz CT molecular complexity index is 295. The van der Waals surface area contributed by atoms with Crippen molar-refractivity contribution in [2.45, 2.75) is 33.1 Å². The van der Waals surface area contributed by atoms with Crippen LogP contribution in [0.5, 0.6) is 0 Å². The Kier molecular flexibility index (Phi) is 4.14. The van der Waals surface area contributed by atoms with E-state index in [1.165, 1.54) is 0 Å². The molecule has 0 aromatic carbocycles. The maximum absolute atomic E-state index is 11.5. The van der Waals surface area contributed by atoms with E-state index in [0.29, 0.717) is 25.4 Å². The molecule has 0 saturated heterocycles. The monoisotopic (exact) mass is 234 g/mol. The Morgan fingerprint density at radius 1 is 1.40 bits per heavy atom. The van der Waals surface area contributed by atoms with Crippen molar-refractivity contribution in [2.75, 3.05) is 18.8 Å². The molecule has 0 aliphatic heterocycles. The first-order valence-corrected chi connectivity index (χ1v) is 7.24. The predicted octanol–water partition coefficient (Wildman–Crippen LogP) is 0.691. The first-order valence-electron chi connectivity index (χ1n) is 5.59. The van der Waals surface area contributed by atoms with Crippen molar-refractivity contribution in [1.29, 1.82) is 0 Å². The van der Waals surface area contributed by atoms with Crippen LogP contribution >= 0.6 is 0 Å². The lowest BCUT2D eigenvalue weighted by Crippen LogP contribution is -2.34. The van der Waals surface area contributed by atoms with Gasteiger partial charge in [0.15, 0.2) is 0 Å². The van der Waals surface area contributed by atoms with Gasteiger partial charge in [-0.1, -0.05) is 13.8 Å². The van der Waals surface area contributed by atoms with Crippen LogP contribution in [0.3, 0.4) is 0 Å². The van der Waals surface area contributed by atoms with Gasteiger partial charge in [0.1, 0.15) is 0 Å². The van der Waals surface area contributed by atoms with Gasteiger partial charge in [0.25, 0.3) is 0 Å². The summed E-state index contributed by atoms with van der Waals surface area (Å²) in [6.07, 6.45) is 2.82. The highest BCUT2D eigenvalue weighted by molar-refractivity contribution is 7.89. The fraction of sp³-hybridized carbons (Fsp3) is 1.00. The average molecular weight is 234 g/mol. The number of hydrogen-bond acceptors (Lipinski definition) is 3. The van der Waals surface area contributed by atoms with E-state index < -0.39 is 10.0 Å². The summed E-state index contributed by atoms with van der Waals surface area (Å²) < 4.78 is 25.7. The number of nitrogens with one attached hydrogen (secondary N) is 1. The normalized spacial score (nSPS) is 19.5. The molecule has 0 unspecified atom stereocenters. The van der Waals surface area contributed by atoms with Gasteiger partial charge in [-0.3, -0.25) is 0 Å². The Morgan fingerprint density at radius 3 is 2.40 bits per heavy atom. The highest BCUT2D eigenvalue weighted by Crippen LogP contribution is 2.51. The molecular formula is C10H22N2O2S. The lowest BCUT2D eigenvalue weighted by molar-refractivity contribution is 0.357. The van der Waals surface area contributed by atoms with Crippen molar-refractivity contribution in [3.8, 4) is 0 Å². The van der Waals surface area contributed by atoms with Crippen molar-refractivity contribution in [1.82, 2.24) is 4.72 Å². The van der Waals surface area contributed by atoms with Crippen LogP contribution in [0.2, 0.25) is 0 Å². The molecule has 90 valence electrons. The molecule has 0 aromatic heterocycles.